The Morgan fingerprint density at radius 2 is 2.31 bits per heavy atom. The van der Waals surface area contributed by atoms with E-state index in [1.54, 1.807) is 0 Å². The summed E-state index contributed by atoms with van der Waals surface area (Å²) in [6, 6.07) is 2.15. The Morgan fingerprint density at radius 3 is 2.88 bits per heavy atom. The highest BCUT2D eigenvalue weighted by Gasteiger charge is 2.15. The average Bonchev–Trinajstić information content (AvgIpc) is 2.16. The molecule has 0 saturated carbocycles. The number of carbonyl (C=O) groups excluding carboxylic acids is 1. The maximum atomic E-state index is 13.1. The van der Waals surface area contributed by atoms with Gasteiger partial charge in [0, 0.05) is 12.2 Å². The van der Waals surface area contributed by atoms with Gasteiger partial charge in [0.2, 0.25) is 5.95 Å². The third-order valence-corrected chi connectivity index (χ3v) is 1.86. The number of nitrogens with one attached hydrogen (secondary N) is 1. The lowest BCUT2D eigenvalue weighted by Gasteiger charge is -2.11. The van der Waals surface area contributed by atoms with E-state index >= 15 is 0 Å². The molecular weight excluding hydrogens is 215 g/mol. The fourth-order valence-corrected chi connectivity index (χ4v) is 1.17. The molecule has 1 heterocycles. The van der Waals surface area contributed by atoms with Gasteiger partial charge in [-0.2, -0.15) is 4.39 Å². The first kappa shape index (κ1) is 12.1. The van der Waals surface area contributed by atoms with Crippen molar-refractivity contribution in [3.05, 3.63) is 29.8 Å². The normalized spacial score (nSPS) is 11.9. The first-order chi connectivity index (χ1) is 7.50. The van der Waals surface area contributed by atoms with Gasteiger partial charge in [0.1, 0.15) is 0 Å². The number of aromatic nitrogens is 1. The van der Waals surface area contributed by atoms with Crippen LogP contribution in [0.1, 0.15) is 23.7 Å². The van der Waals surface area contributed by atoms with E-state index in [2.05, 4.69) is 10.3 Å². The summed E-state index contributed by atoms with van der Waals surface area (Å²) < 4.78 is 13.1. The van der Waals surface area contributed by atoms with Crippen molar-refractivity contribution in [3.63, 3.8) is 0 Å². The maximum Gasteiger partial charge on any atom is 0.305 e. The number of aliphatic carboxylic acids is 1. The van der Waals surface area contributed by atoms with Crippen LogP contribution in [0.4, 0.5) is 4.39 Å². The van der Waals surface area contributed by atoms with Crippen molar-refractivity contribution in [1.29, 1.82) is 0 Å². The largest absolute Gasteiger partial charge is 0.481 e. The molecule has 0 bridgehead atoms. The van der Waals surface area contributed by atoms with E-state index in [1.165, 1.54) is 25.3 Å². The van der Waals surface area contributed by atoms with E-state index in [0.717, 1.165) is 0 Å². The summed E-state index contributed by atoms with van der Waals surface area (Å²) in [6.07, 6.45) is 1.01. The molecule has 5 nitrogen and oxygen atoms in total. The summed E-state index contributed by atoms with van der Waals surface area (Å²) >= 11 is 0. The molecule has 1 unspecified atom stereocenters. The second-order valence-corrected chi connectivity index (χ2v) is 3.31. The fourth-order valence-electron chi connectivity index (χ4n) is 1.17. The lowest BCUT2D eigenvalue weighted by Crippen LogP contribution is -2.34. The molecule has 1 atom stereocenters. The predicted octanol–water partition coefficient (Wildman–Crippen LogP) is 0.814. The van der Waals surface area contributed by atoms with Crippen LogP contribution in [0.3, 0.4) is 0 Å². The molecule has 1 rings (SSSR count). The average molecular weight is 226 g/mol. The SMILES string of the molecule is CC(CC(=O)O)NC(=O)c1cccnc1F. The van der Waals surface area contributed by atoms with Crippen LogP contribution < -0.4 is 5.32 Å². The number of hydrogen-bond donors (Lipinski definition) is 2. The van der Waals surface area contributed by atoms with Crippen LogP contribution in [0.5, 0.6) is 0 Å². The van der Waals surface area contributed by atoms with Gasteiger partial charge >= 0.3 is 5.97 Å². The number of nitrogens with zero attached hydrogens (tertiary/aromatic N) is 1. The molecule has 86 valence electrons. The number of carboxylic acids is 1. The maximum absolute atomic E-state index is 13.1. The minimum Gasteiger partial charge on any atom is -0.481 e. The molecular formula is C10H11FN2O3. The van der Waals surface area contributed by atoms with Gasteiger partial charge in [0.05, 0.1) is 12.0 Å². The summed E-state index contributed by atoms with van der Waals surface area (Å²) in [7, 11) is 0. The minimum atomic E-state index is -1.03. The molecule has 0 aliphatic heterocycles. The fraction of sp³-hybridized carbons (Fsp3) is 0.300. The quantitative estimate of drug-likeness (QED) is 0.745. The zero-order valence-electron chi connectivity index (χ0n) is 8.61. The van der Waals surface area contributed by atoms with Crippen LogP contribution in [0.15, 0.2) is 18.3 Å². The second-order valence-electron chi connectivity index (χ2n) is 3.31. The highest BCUT2D eigenvalue weighted by molar-refractivity contribution is 5.94. The summed E-state index contributed by atoms with van der Waals surface area (Å²) in [5.41, 5.74) is -0.195. The van der Waals surface area contributed by atoms with Crippen LogP contribution in [0.25, 0.3) is 0 Å². The molecule has 0 fully saturated rings. The third kappa shape index (κ3) is 3.30. The van der Waals surface area contributed by atoms with Crippen molar-refractivity contribution in [3.8, 4) is 0 Å². The molecule has 0 aliphatic carbocycles. The van der Waals surface area contributed by atoms with Crippen molar-refractivity contribution in [1.82, 2.24) is 10.3 Å². The molecule has 0 aliphatic rings. The molecule has 0 spiro atoms. The number of carboxylic acid groups (broad SMARTS) is 1. The topological polar surface area (TPSA) is 79.3 Å². The Balaban J connectivity index is 2.66. The summed E-state index contributed by atoms with van der Waals surface area (Å²) in [5.74, 6) is -2.57. The van der Waals surface area contributed by atoms with Crippen molar-refractivity contribution in [2.24, 2.45) is 0 Å². The van der Waals surface area contributed by atoms with Crippen LogP contribution in [0, 0.1) is 5.95 Å². The molecule has 2 N–H and O–H groups in total. The van der Waals surface area contributed by atoms with Crippen molar-refractivity contribution in [2.45, 2.75) is 19.4 Å². The summed E-state index contributed by atoms with van der Waals surface area (Å²) in [4.78, 5) is 25.2. The summed E-state index contributed by atoms with van der Waals surface area (Å²) in [5, 5.41) is 10.9. The zero-order valence-corrected chi connectivity index (χ0v) is 8.61. The highest BCUT2D eigenvalue weighted by Crippen LogP contribution is 2.03. The van der Waals surface area contributed by atoms with Gasteiger partial charge in [-0.3, -0.25) is 9.59 Å². The van der Waals surface area contributed by atoms with Crippen LogP contribution in [0.2, 0.25) is 0 Å². The minimum absolute atomic E-state index is 0.195. The number of rotatable bonds is 4. The smallest absolute Gasteiger partial charge is 0.305 e. The van der Waals surface area contributed by atoms with Gasteiger partial charge in [0.15, 0.2) is 0 Å². The number of amides is 1. The monoisotopic (exact) mass is 226 g/mol. The van der Waals surface area contributed by atoms with E-state index in [1.807, 2.05) is 0 Å². The molecule has 0 saturated heterocycles. The van der Waals surface area contributed by atoms with Gasteiger partial charge in [-0.05, 0) is 19.1 Å². The Kier molecular flexibility index (Phi) is 3.93. The van der Waals surface area contributed by atoms with Gasteiger partial charge in [-0.15, -0.1) is 0 Å². The van der Waals surface area contributed by atoms with E-state index < -0.39 is 23.9 Å². The Labute approximate surface area is 91.3 Å². The molecule has 1 aromatic heterocycles. The zero-order chi connectivity index (χ0) is 12.1. The van der Waals surface area contributed by atoms with E-state index in [-0.39, 0.29) is 12.0 Å². The second kappa shape index (κ2) is 5.20. The molecule has 1 amide bonds. The Morgan fingerprint density at radius 1 is 1.62 bits per heavy atom. The number of carbonyl (C=O) groups is 2. The van der Waals surface area contributed by atoms with Gasteiger partial charge in [-0.25, -0.2) is 4.98 Å². The van der Waals surface area contributed by atoms with Crippen LogP contribution in [-0.4, -0.2) is 28.0 Å². The number of pyridine rings is 1. The van der Waals surface area contributed by atoms with Crippen LogP contribution >= 0.6 is 0 Å². The summed E-state index contributed by atoms with van der Waals surface area (Å²) in [6.45, 7) is 1.53. The van der Waals surface area contributed by atoms with Gasteiger partial charge in [-0.1, -0.05) is 0 Å². The number of halogens is 1. The van der Waals surface area contributed by atoms with Crippen molar-refractivity contribution < 1.29 is 19.1 Å². The molecule has 0 aromatic carbocycles. The lowest BCUT2D eigenvalue weighted by molar-refractivity contribution is -0.137. The standard InChI is InChI=1S/C10H11FN2O3/c1-6(5-8(14)15)13-10(16)7-3-2-4-12-9(7)11/h2-4,6H,5H2,1H3,(H,13,16)(H,14,15). The van der Waals surface area contributed by atoms with Crippen molar-refractivity contribution >= 4 is 11.9 Å². The van der Waals surface area contributed by atoms with Gasteiger partial charge in [0.25, 0.3) is 5.91 Å². The Bertz CT molecular complexity index is 409. The first-order valence-electron chi connectivity index (χ1n) is 4.64. The molecule has 6 heteroatoms. The van der Waals surface area contributed by atoms with Gasteiger partial charge < -0.3 is 10.4 Å². The van der Waals surface area contributed by atoms with E-state index in [9.17, 15) is 14.0 Å². The van der Waals surface area contributed by atoms with Crippen LogP contribution in [-0.2, 0) is 4.79 Å². The molecule has 0 radical (unpaired) electrons. The van der Waals surface area contributed by atoms with E-state index in [0.29, 0.717) is 0 Å². The predicted molar refractivity (Wildman–Crippen MR) is 53.4 cm³/mol. The first-order valence-corrected chi connectivity index (χ1v) is 4.64. The van der Waals surface area contributed by atoms with E-state index in [4.69, 9.17) is 5.11 Å². The highest BCUT2D eigenvalue weighted by atomic mass is 19.1. The molecule has 16 heavy (non-hydrogen) atoms. The molecule has 1 aromatic rings. The lowest BCUT2D eigenvalue weighted by atomic mass is 10.2. The Hall–Kier alpha value is -1.98. The number of hydrogen-bond acceptors (Lipinski definition) is 3. The van der Waals surface area contributed by atoms with Crippen molar-refractivity contribution in [2.75, 3.05) is 0 Å². The third-order valence-electron chi connectivity index (χ3n) is 1.86.